The monoisotopic (exact) mass is 554 g/mol. The van der Waals surface area contributed by atoms with Gasteiger partial charge in [-0.15, -0.1) is 10.2 Å². The number of rotatable bonds is 5. The number of hydrogen-bond donors (Lipinski definition) is 3. The Hall–Kier alpha value is -3.38. The quantitative estimate of drug-likeness (QED) is 0.419. The molecule has 10 nitrogen and oxygen atoms in total. The van der Waals surface area contributed by atoms with Crippen LogP contribution in [0.15, 0.2) is 66.0 Å². The smallest absolute Gasteiger partial charge is 0.302 e. The summed E-state index contributed by atoms with van der Waals surface area (Å²) in [6.45, 7) is 3.94. The topological polar surface area (TPSA) is 130 Å². The van der Waals surface area contributed by atoms with Gasteiger partial charge in [-0.3, -0.25) is 20.4 Å². The van der Waals surface area contributed by atoms with Gasteiger partial charge in [0.2, 0.25) is 11.1 Å². The average Bonchev–Trinajstić information content (AvgIpc) is 3.45. The van der Waals surface area contributed by atoms with E-state index in [1.165, 1.54) is 11.3 Å². The second kappa shape index (κ2) is 10.1. The molecule has 5 rings (SSSR count). The molecule has 0 fully saturated rings. The molecule has 12 heteroatoms. The van der Waals surface area contributed by atoms with E-state index in [0.29, 0.717) is 39.7 Å². The van der Waals surface area contributed by atoms with Crippen LogP contribution in [0.4, 0.5) is 11.1 Å². The standard InChI is InChI=1S/C23H23BrN8O2S/c1-3-13-7-6-8-14(24)18(27-13)19-17(20(33)30-23-32-25-11-35-23)12(2)26-21(29-19)31-22-28-15-9-4-5-10-16(15)34-22/h4-5,8-11,13,19H,3,6-7H2,1-2H3,(H,30,32,33)(H2,26,28,29,31). The van der Waals surface area contributed by atoms with E-state index < -0.39 is 6.04 Å². The molecule has 35 heavy (non-hydrogen) atoms. The van der Waals surface area contributed by atoms with Crippen LogP contribution < -0.4 is 16.0 Å². The van der Waals surface area contributed by atoms with Gasteiger partial charge in [-0.2, -0.15) is 4.98 Å². The Balaban J connectivity index is 1.52. The molecule has 0 radical (unpaired) electrons. The molecule has 1 amide bonds. The molecule has 0 saturated carbocycles. The second-order valence-corrected chi connectivity index (χ2v) is 9.75. The second-order valence-electron chi connectivity index (χ2n) is 8.06. The molecule has 4 heterocycles. The van der Waals surface area contributed by atoms with Crippen LogP contribution in [0.5, 0.6) is 0 Å². The van der Waals surface area contributed by atoms with E-state index in [1.807, 2.05) is 31.2 Å². The summed E-state index contributed by atoms with van der Waals surface area (Å²) in [5, 5.41) is 17.3. The normalized spacial score (nSPS) is 20.5. The maximum absolute atomic E-state index is 13.4. The number of anilines is 2. The summed E-state index contributed by atoms with van der Waals surface area (Å²) in [6.07, 6.45) is 4.82. The lowest BCUT2D eigenvalue weighted by atomic mass is 9.97. The number of carbonyl (C=O) groups is 1. The summed E-state index contributed by atoms with van der Waals surface area (Å²) in [4.78, 5) is 27.7. The summed E-state index contributed by atoms with van der Waals surface area (Å²) < 4.78 is 6.64. The van der Waals surface area contributed by atoms with Gasteiger partial charge in [0.1, 0.15) is 17.1 Å². The van der Waals surface area contributed by atoms with Gasteiger partial charge < -0.3 is 9.73 Å². The van der Waals surface area contributed by atoms with Crippen molar-refractivity contribution in [3.05, 3.63) is 51.6 Å². The van der Waals surface area contributed by atoms with Crippen molar-refractivity contribution in [2.24, 2.45) is 9.98 Å². The highest BCUT2D eigenvalue weighted by Crippen LogP contribution is 2.29. The number of fused-ring (bicyclic) bond motifs is 1. The minimum absolute atomic E-state index is 0.141. The third kappa shape index (κ3) is 5.03. The first-order chi connectivity index (χ1) is 17.0. The van der Waals surface area contributed by atoms with E-state index >= 15 is 0 Å². The first-order valence-electron chi connectivity index (χ1n) is 11.2. The SMILES string of the molecule is CCC1CCC=C(Br)C(C2N=C(Nc3nc4ccccc4o3)NC(C)=C2C(=O)Nc2nncs2)=N1. The van der Waals surface area contributed by atoms with Gasteiger partial charge in [0.25, 0.3) is 5.91 Å². The Kier molecular flexibility index (Phi) is 6.73. The lowest BCUT2D eigenvalue weighted by Gasteiger charge is -2.27. The highest BCUT2D eigenvalue weighted by molar-refractivity contribution is 9.12. The van der Waals surface area contributed by atoms with Gasteiger partial charge in [-0.1, -0.05) is 36.5 Å². The van der Waals surface area contributed by atoms with Crippen LogP contribution in [0.3, 0.4) is 0 Å². The molecular weight excluding hydrogens is 532 g/mol. The average molecular weight is 555 g/mol. The number of amides is 1. The number of halogens is 1. The highest BCUT2D eigenvalue weighted by atomic mass is 79.9. The number of aromatic nitrogens is 3. The number of hydrogen-bond acceptors (Lipinski definition) is 10. The lowest BCUT2D eigenvalue weighted by molar-refractivity contribution is -0.113. The van der Waals surface area contributed by atoms with Crippen molar-refractivity contribution in [1.29, 1.82) is 0 Å². The summed E-state index contributed by atoms with van der Waals surface area (Å²) >= 11 is 4.93. The maximum Gasteiger partial charge on any atom is 0.302 e. The number of guanidine groups is 1. The van der Waals surface area contributed by atoms with Crippen LogP contribution in [-0.2, 0) is 4.79 Å². The summed E-state index contributed by atoms with van der Waals surface area (Å²) in [7, 11) is 0. The molecule has 3 aromatic rings. The Labute approximate surface area is 213 Å². The molecule has 0 spiro atoms. The number of nitrogens with zero attached hydrogens (tertiary/aromatic N) is 5. The molecule has 2 atom stereocenters. The van der Waals surface area contributed by atoms with Gasteiger partial charge in [-0.05, 0) is 54.2 Å². The van der Waals surface area contributed by atoms with E-state index in [2.05, 4.69) is 60.1 Å². The van der Waals surface area contributed by atoms with Crippen molar-refractivity contribution in [2.75, 3.05) is 10.6 Å². The van der Waals surface area contributed by atoms with Crippen molar-refractivity contribution in [2.45, 2.75) is 45.2 Å². The zero-order chi connectivity index (χ0) is 24.4. The first-order valence-corrected chi connectivity index (χ1v) is 12.9. The molecule has 0 aliphatic carbocycles. The van der Waals surface area contributed by atoms with Gasteiger partial charge >= 0.3 is 6.01 Å². The molecular formula is C23H23BrN8O2S. The number of oxazole rings is 1. The van der Waals surface area contributed by atoms with Crippen molar-refractivity contribution in [1.82, 2.24) is 20.5 Å². The number of allylic oxidation sites excluding steroid dienone is 2. The fourth-order valence-corrected chi connectivity index (χ4v) is 4.97. The Morgan fingerprint density at radius 2 is 2.17 bits per heavy atom. The van der Waals surface area contributed by atoms with E-state index in [4.69, 9.17) is 14.4 Å². The number of benzene rings is 1. The zero-order valence-electron chi connectivity index (χ0n) is 19.1. The number of nitrogens with one attached hydrogen (secondary N) is 3. The molecule has 0 saturated heterocycles. The summed E-state index contributed by atoms with van der Waals surface area (Å²) in [5.41, 5.74) is 4.74. The number of carbonyl (C=O) groups excluding carboxylic acids is 1. The zero-order valence-corrected chi connectivity index (χ0v) is 21.5. The minimum Gasteiger partial charge on any atom is -0.423 e. The van der Waals surface area contributed by atoms with Crippen molar-refractivity contribution in [3.8, 4) is 0 Å². The third-order valence-corrected chi connectivity index (χ3v) is 7.04. The first kappa shape index (κ1) is 23.4. The summed E-state index contributed by atoms with van der Waals surface area (Å²) in [5.74, 6) is 0.0912. The molecule has 2 unspecified atom stereocenters. The predicted molar refractivity (Wildman–Crippen MR) is 141 cm³/mol. The van der Waals surface area contributed by atoms with Crippen molar-refractivity contribution >= 4 is 67.1 Å². The Morgan fingerprint density at radius 1 is 1.31 bits per heavy atom. The van der Waals surface area contributed by atoms with Crippen molar-refractivity contribution < 1.29 is 9.21 Å². The molecule has 2 aliphatic heterocycles. The molecule has 2 aliphatic rings. The fraction of sp³-hybridized carbons (Fsp3) is 0.304. The maximum atomic E-state index is 13.4. The van der Waals surface area contributed by atoms with Crippen LogP contribution >= 0.6 is 27.3 Å². The van der Waals surface area contributed by atoms with E-state index in [9.17, 15) is 4.79 Å². The van der Waals surface area contributed by atoms with Gasteiger partial charge in [0.05, 0.1) is 17.3 Å². The van der Waals surface area contributed by atoms with Crippen LogP contribution in [-0.4, -0.2) is 44.8 Å². The summed E-state index contributed by atoms with van der Waals surface area (Å²) in [6, 6.07) is 7.29. The molecule has 1 aromatic carbocycles. The van der Waals surface area contributed by atoms with E-state index in [0.717, 1.165) is 29.3 Å². The fourth-order valence-electron chi connectivity index (χ4n) is 3.98. The van der Waals surface area contributed by atoms with Gasteiger partial charge in [-0.25, -0.2) is 4.99 Å². The molecule has 3 N–H and O–H groups in total. The Morgan fingerprint density at radius 3 is 2.94 bits per heavy atom. The molecule has 2 aromatic heterocycles. The molecule has 180 valence electrons. The largest absolute Gasteiger partial charge is 0.423 e. The van der Waals surface area contributed by atoms with Crippen molar-refractivity contribution in [3.63, 3.8) is 0 Å². The molecule has 0 bridgehead atoms. The predicted octanol–water partition coefficient (Wildman–Crippen LogP) is 4.62. The number of para-hydroxylation sites is 2. The van der Waals surface area contributed by atoms with Crippen LogP contribution in [0.2, 0.25) is 0 Å². The third-order valence-electron chi connectivity index (χ3n) is 5.71. The lowest BCUT2D eigenvalue weighted by Crippen LogP contribution is -2.43. The van der Waals surface area contributed by atoms with Crippen LogP contribution in [0.1, 0.15) is 33.1 Å². The van der Waals surface area contributed by atoms with Gasteiger partial charge in [0, 0.05) is 10.2 Å². The van der Waals surface area contributed by atoms with Gasteiger partial charge in [0.15, 0.2) is 5.58 Å². The number of aliphatic imine (C=N–C) groups is 2. The Bertz CT molecular complexity index is 1340. The van der Waals surface area contributed by atoms with Crippen LogP contribution in [0.25, 0.3) is 11.1 Å². The minimum atomic E-state index is -0.658. The highest BCUT2D eigenvalue weighted by Gasteiger charge is 2.34. The van der Waals surface area contributed by atoms with E-state index in [-0.39, 0.29) is 11.9 Å². The van der Waals surface area contributed by atoms with Crippen LogP contribution in [0, 0.1) is 0 Å². The van der Waals surface area contributed by atoms with E-state index in [1.54, 1.807) is 5.51 Å².